The topological polar surface area (TPSA) is 123 Å². The standard InChI is InChI=1S/C31H38ClN3O7S/c1-6-41-29-25(17-20(31(2,3)4)18-26(29)34-43(5,38)39)33-30(37)28(36)23-9-10-27(22-8-7-21(32)19-24(22)23)42-16-13-35-11-14-40-15-12-35/h7-10,17-19,34H,6,11-16H2,1-5H3,(H,33,37). The van der Waals surface area contributed by atoms with Gasteiger partial charge in [0.15, 0.2) is 5.75 Å². The Morgan fingerprint density at radius 2 is 1.70 bits per heavy atom. The van der Waals surface area contributed by atoms with Crippen LogP contribution in [0.25, 0.3) is 10.8 Å². The Morgan fingerprint density at radius 1 is 1.00 bits per heavy atom. The number of amides is 1. The molecule has 0 spiro atoms. The molecule has 10 nitrogen and oxygen atoms in total. The zero-order valence-corrected chi connectivity index (χ0v) is 26.7. The second-order valence-corrected chi connectivity index (χ2v) is 13.5. The zero-order valence-electron chi connectivity index (χ0n) is 25.1. The summed E-state index contributed by atoms with van der Waals surface area (Å²) in [5.41, 5.74) is 0.794. The predicted octanol–water partition coefficient (Wildman–Crippen LogP) is 5.09. The van der Waals surface area contributed by atoms with E-state index in [1.165, 1.54) is 0 Å². The summed E-state index contributed by atoms with van der Waals surface area (Å²) >= 11 is 6.30. The van der Waals surface area contributed by atoms with Gasteiger partial charge in [-0.25, -0.2) is 8.42 Å². The van der Waals surface area contributed by atoms with Crippen LogP contribution in [-0.4, -0.2) is 77.3 Å². The van der Waals surface area contributed by atoms with Gasteiger partial charge in [0, 0.05) is 35.6 Å². The van der Waals surface area contributed by atoms with Crippen LogP contribution in [0.1, 0.15) is 43.6 Å². The van der Waals surface area contributed by atoms with Crippen molar-refractivity contribution in [3.05, 3.63) is 58.6 Å². The van der Waals surface area contributed by atoms with E-state index in [1.807, 2.05) is 20.8 Å². The van der Waals surface area contributed by atoms with Gasteiger partial charge in [-0.15, -0.1) is 0 Å². The summed E-state index contributed by atoms with van der Waals surface area (Å²) in [5, 5.41) is 4.20. The normalized spacial score (nSPS) is 14.4. The lowest BCUT2D eigenvalue weighted by molar-refractivity contribution is -0.112. The zero-order chi connectivity index (χ0) is 31.4. The van der Waals surface area contributed by atoms with Gasteiger partial charge in [0.25, 0.3) is 11.7 Å². The lowest BCUT2D eigenvalue weighted by Gasteiger charge is -2.26. The van der Waals surface area contributed by atoms with E-state index in [0.29, 0.717) is 41.4 Å². The third kappa shape index (κ3) is 8.38. The lowest BCUT2D eigenvalue weighted by atomic mass is 9.86. The van der Waals surface area contributed by atoms with Crippen LogP contribution >= 0.6 is 11.6 Å². The quantitative estimate of drug-likeness (QED) is 0.222. The molecular formula is C31H38ClN3O7S. The van der Waals surface area contributed by atoms with E-state index in [4.69, 9.17) is 25.8 Å². The minimum absolute atomic E-state index is 0.110. The number of rotatable bonds is 11. The van der Waals surface area contributed by atoms with Crippen LogP contribution in [0.2, 0.25) is 5.02 Å². The van der Waals surface area contributed by atoms with Crippen molar-refractivity contribution < 1.29 is 32.2 Å². The van der Waals surface area contributed by atoms with Crippen LogP contribution < -0.4 is 19.5 Å². The van der Waals surface area contributed by atoms with Gasteiger partial charge >= 0.3 is 0 Å². The number of halogens is 1. The third-order valence-corrected chi connectivity index (χ3v) is 7.77. The van der Waals surface area contributed by atoms with Crippen molar-refractivity contribution >= 4 is 55.5 Å². The minimum atomic E-state index is -3.67. The largest absolute Gasteiger partial charge is 0.492 e. The Hall–Kier alpha value is -3.38. The summed E-state index contributed by atoms with van der Waals surface area (Å²) in [7, 11) is -3.67. The van der Waals surface area contributed by atoms with Gasteiger partial charge in [-0.05, 0) is 65.8 Å². The van der Waals surface area contributed by atoms with Crippen LogP contribution in [0.15, 0.2) is 42.5 Å². The molecule has 0 saturated carbocycles. The molecule has 3 aromatic carbocycles. The van der Waals surface area contributed by atoms with Gasteiger partial charge < -0.3 is 19.5 Å². The van der Waals surface area contributed by atoms with E-state index in [0.717, 1.165) is 31.5 Å². The highest BCUT2D eigenvalue weighted by Gasteiger charge is 2.26. The number of ether oxygens (including phenoxy) is 3. The van der Waals surface area contributed by atoms with E-state index in [1.54, 1.807) is 49.4 Å². The molecule has 0 bridgehead atoms. The Balaban J connectivity index is 1.65. The number of morpholine rings is 1. The van der Waals surface area contributed by atoms with Crippen molar-refractivity contribution in [2.75, 3.05) is 62.4 Å². The molecule has 1 aliphatic rings. The number of nitrogens with zero attached hydrogens (tertiary/aromatic N) is 1. The number of nitrogens with one attached hydrogen (secondary N) is 2. The van der Waals surface area contributed by atoms with Crippen molar-refractivity contribution in [3.8, 4) is 11.5 Å². The maximum absolute atomic E-state index is 13.6. The first-order chi connectivity index (χ1) is 20.3. The van der Waals surface area contributed by atoms with Crippen molar-refractivity contribution in [3.63, 3.8) is 0 Å². The molecule has 0 unspecified atom stereocenters. The fourth-order valence-electron chi connectivity index (χ4n) is 4.76. The van der Waals surface area contributed by atoms with Crippen LogP contribution in [0.5, 0.6) is 11.5 Å². The summed E-state index contributed by atoms with van der Waals surface area (Å²) in [6.07, 6.45) is 1.03. The summed E-state index contributed by atoms with van der Waals surface area (Å²) in [6.45, 7) is 12.0. The van der Waals surface area contributed by atoms with Gasteiger partial charge in [0.05, 0.1) is 37.5 Å². The number of sulfonamides is 1. The van der Waals surface area contributed by atoms with E-state index >= 15 is 0 Å². The summed E-state index contributed by atoms with van der Waals surface area (Å²) in [5.74, 6) is -1.03. The molecule has 4 rings (SSSR count). The number of benzene rings is 3. The molecule has 2 N–H and O–H groups in total. The summed E-state index contributed by atoms with van der Waals surface area (Å²) < 4.78 is 44.0. The van der Waals surface area contributed by atoms with Crippen molar-refractivity contribution in [1.82, 2.24) is 4.90 Å². The molecule has 3 aromatic rings. The molecule has 43 heavy (non-hydrogen) atoms. The molecule has 1 amide bonds. The molecule has 12 heteroatoms. The number of hydrogen-bond acceptors (Lipinski definition) is 8. The highest BCUT2D eigenvalue weighted by Crippen LogP contribution is 2.40. The number of ketones is 1. The molecule has 0 atom stereocenters. The SMILES string of the molecule is CCOc1c(NC(=O)C(=O)c2ccc(OCCN3CCOCC3)c3ccc(Cl)cc23)cc(C(C)(C)C)cc1NS(C)(=O)=O. The van der Waals surface area contributed by atoms with Gasteiger partial charge in [-0.3, -0.25) is 19.2 Å². The first-order valence-corrected chi connectivity index (χ1v) is 16.3. The second-order valence-electron chi connectivity index (χ2n) is 11.3. The number of carbonyl (C=O) groups excluding carboxylic acids is 2. The molecule has 0 radical (unpaired) electrons. The van der Waals surface area contributed by atoms with Crippen molar-refractivity contribution in [2.45, 2.75) is 33.1 Å². The number of anilines is 2. The highest BCUT2D eigenvalue weighted by atomic mass is 35.5. The lowest BCUT2D eigenvalue weighted by Crippen LogP contribution is -2.38. The fourth-order valence-corrected chi connectivity index (χ4v) is 5.48. The monoisotopic (exact) mass is 631 g/mol. The Labute approximate surface area is 257 Å². The van der Waals surface area contributed by atoms with Crippen molar-refractivity contribution in [1.29, 1.82) is 0 Å². The van der Waals surface area contributed by atoms with Gasteiger partial charge in [0.2, 0.25) is 10.0 Å². The average Bonchev–Trinajstić information content (AvgIpc) is 2.93. The fraction of sp³-hybridized carbons (Fsp3) is 0.419. The molecule has 1 aliphatic heterocycles. The number of fused-ring (bicyclic) bond motifs is 1. The number of Topliss-reactive ketones (excluding diaryl/α,β-unsaturated/α-hetero) is 1. The smallest absolute Gasteiger partial charge is 0.296 e. The summed E-state index contributed by atoms with van der Waals surface area (Å²) in [6, 6.07) is 11.7. The minimum Gasteiger partial charge on any atom is -0.492 e. The molecule has 0 aliphatic carbocycles. The molecule has 1 fully saturated rings. The van der Waals surface area contributed by atoms with Gasteiger partial charge in [-0.1, -0.05) is 32.4 Å². The number of carbonyl (C=O) groups is 2. The van der Waals surface area contributed by atoms with Gasteiger partial charge in [0.1, 0.15) is 12.4 Å². The molecule has 1 heterocycles. The Morgan fingerprint density at radius 3 is 2.35 bits per heavy atom. The molecule has 232 valence electrons. The van der Waals surface area contributed by atoms with Crippen LogP contribution in [0.3, 0.4) is 0 Å². The van der Waals surface area contributed by atoms with Crippen molar-refractivity contribution in [2.24, 2.45) is 0 Å². The Kier molecular flexibility index (Phi) is 10.2. The third-order valence-electron chi connectivity index (χ3n) is 6.95. The highest BCUT2D eigenvalue weighted by molar-refractivity contribution is 7.92. The molecule has 1 saturated heterocycles. The maximum atomic E-state index is 13.6. The second kappa shape index (κ2) is 13.5. The average molecular weight is 632 g/mol. The summed E-state index contributed by atoms with van der Waals surface area (Å²) in [4.78, 5) is 29.3. The number of hydrogen-bond donors (Lipinski definition) is 2. The Bertz CT molecular complexity index is 1610. The maximum Gasteiger partial charge on any atom is 0.296 e. The van der Waals surface area contributed by atoms with Crippen LogP contribution in [-0.2, 0) is 25.0 Å². The van der Waals surface area contributed by atoms with Gasteiger partial charge in [-0.2, -0.15) is 0 Å². The van der Waals surface area contributed by atoms with E-state index in [-0.39, 0.29) is 29.3 Å². The molecule has 0 aromatic heterocycles. The first-order valence-electron chi connectivity index (χ1n) is 14.1. The van der Waals surface area contributed by atoms with Crippen LogP contribution in [0.4, 0.5) is 11.4 Å². The van der Waals surface area contributed by atoms with E-state index < -0.39 is 27.1 Å². The van der Waals surface area contributed by atoms with Crippen LogP contribution in [0, 0.1) is 0 Å². The van der Waals surface area contributed by atoms with E-state index in [9.17, 15) is 18.0 Å². The first kappa shape index (κ1) is 32.5. The van der Waals surface area contributed by atoms with E-state index in [2.05, 4.69) is 14.9 Å². The molecular weight excluding hydrogens is 594 g/mol. The predicted molar refractivity (Wildman–Crippen MR) is 169 cm³/mol.